The first kappa shape index (κ1) is 21.9. The molecule has 1 N–H and O–H groups in total. The van der Waals surface area contributed by atoms with Gasteiger partial charge in [0.1, 0.15) is 23.0 Å². The fourth-order valence-corrected chi connectivity index (χ4v) is 2.90. The van der Waals surface area contributed by atoms with Crippen LogP contribution in [0.15, 0.2) is 66.7 Å². The van der Waals surface area contributed by atoms with Gasteiger partial charge in [-0.05, 0) is 72.1 Å². The molecule has 0 radical (unpaired) electrons. The first-order valence-corrected chi connectivity index (χ1v) is 9.69. The van der Waals surface area contributed by atoms with Gasteiger partial charge in [-0.2, -0.15) is 0 Å². The molecule has 0 saturated heterocycles. The van der Waals surface area contributed by atoms with Crippen LogP contribution in [-0.4, -0.2) is 24.2 Å². The summed E-state index contributed by atoms with van der Waals surface area (Å²) in [5, 5.41) is 9.39. The Bertz CT molecular complexity index is 1080. The molecule has 0 unspecified atom stereocenters. The lowest BCUT2D eigenvalue weighted by molar-refractivity contribution is 0.0716. The fraction of sp³-hybridized carbons (Fsp3) is 0.200. The molecule has 0 fully saturated rings. The Hall–Kier alpha value is -3.80. The van der Waals surface area contributed by atoms with E-state index in [9.17, 15) is 14.7 Å². The quantitative estimate of drug-likeness (QED) is 0.455. The third-order valence-corrected chi connectivity index (χ3v) is 4.60. The van der Waals surface area contributed by atoms with E-state index in [1.54, 1.807) is 49.6 Å². The minimum absolute atomic E-state index is 0.0648. The zero-order valence-electron chi connectivity index (χ0n) is 17.8. The topological polar surface area (TPSA) is 82.1 Å². The Morgan fingerprint density at radius 2 is 1.26 bits per heavy atom. The van der Waals surface area contributed by atoms with E-state index in [0.717, 1.165) is 0 Å². The Balaban J connectivity index is 1.83. The Morgan fingerprint density at radius 1 is 0.742 bits per heavy atom. The monoisotopic (exact) mass is 420 g/mol. The molecule has 0 aliphatic rings. The van der Waals surface area contributed by atoms with Crippen molar-refractivity contribution in [3.05, 3.63) is 83.4 Å². The highest BCUT2D eigenvalue weighted by molar-refractivity contribution is 5.92. The van der Waals surface area contributed by atoms with Crippen LogP contribution in [0.2, 0.25) is 0 Å². The average Bonchev–Trinajstić information content (AvgIpc) is 2.74. The minimum atomic E-state index is -0.548. The summed E-state index contributed by atoms with van der Waals surface area (Å²) in [4.78, 5) is 25.0. The summed E-state index contributed by atoms with van der Waals surface area (Å²) >= 11 is 0. The molecule has 6 heteroatoms. The van der Waals surface area contributed by atoms with Crippen LogP contribution < -0.4 is 14.2 Å². The highest BCUT2D eigenvalue weighted by Gasteiger charge is 2.23. The number of carbonyl (C=O) groups excluding carboxylic acids is 2. The van der Waals surface area contributed by atoms with Gasteiger partial charge in [0.2, 0.25) is 0 Å². The number of rotatable bonds is 5. The van der Waals surface area contributed by atoms with Crippen molar-refractivity contribution < 1.29 is 28.9 Å². The summed E-state index contributed by atoms with van der Waals surface area (Å²) in [5.41, 5.74) is 1.03. The molecule has 3 rings (SSSR count). The third kappa shape index (κ3) is 5.42. The maximum atomic E-state index is 12.5. The smallest absolute Gasteiger partial charge is 0.343 e. The number of phenols is 1. The fourth-order valence-electron chi connectivity index (χ4n) is 2.90. The van der Waals surface area contributed by atoms with Crippen LogP contribution in [0.4, 0.5) is 0 Å². The number of ether oxygens (including phenoxy) is 3. The largest absolute Gasteiger partial charge is 0.508 e. The molecule has 0 aromatic heterocycles. The van der Waals surface area contributed by atoms with Crippen molar-refractivity contribution >= 4 is 11.9 Å². The number of esters is 2. The Labute approximate surface area is 181 Å². The standard InChI is InChI=1S/C25H24O6/c1-25(2,3)21-15-20(30-23(27)17-7-11-19(29-4)12-8-17)13-14-22(21)31-24(28)16-5-9-18(26)10-6-16/h5-15,26H,1-4H3. The lowest BCUT2D eigenvalue weighted by atomic mass is 9.86. The van der Waals surface area contributed by atoms with Crippen molar-refractivity contribution in [1.82, 2.24) is 0 Å². The van der Waals surface area contributed by atoms with Crippen LogP contribution in [0, 0.1) is 0 Å². The molecule has 0 spiro atoms. The van der Waals surface area contributed by atoms with Crippen molar-refractivity contribution in [2.45, 2.75) is 26.2 Å². The van der Waals surface area contributed by atoms with Gasteiger partial charge in [0.25, 0.3) is 0 Å². The molecule has 3 aromatic rings. The van der Waals surface area contributed by atoms with Gasteiger partial charge in [-0.1, -0.05) is 20.8 Å². The van der Waals surface area contributed by atoms with E-state index in [1.807, 2.05) is 20.8 Å². The summed E-state index contributed by atoms with van der Waals surface area (Å²) in [6.45, 7) is 5.90. The lowest BCUT2D eigenvalue weighted by Gasteiger charge is -2.23. The molecular weight excluding hydrogens is 396 g/mol. The SMILES string of the molecule is COc1ccc(C(=O)Oc2ccc(OC(=O)c3ccc(O)cc3)c(C(C)(C)C)c2)cc1. The molecule has 0 aliphatic carbocycles. The summed E-state index contributed by atoms with van der Waals surface area (Å²) < 4.78 is 16.2. The normalized spacial score (nSPS) is 11.0. The second kappa shape index (κ2) is 8.92. The highest BCUT2D eigenvalue weighted by Crippen LogP contribution is 2.35. The molecule has 0 bridgehead atoms. The van der Waals surface area contributed by atoms with Gasteiger partial charge in [0.15, 0.2) is 0 Å². The van der Waals surface area contributed by atoms with Crippen LogP contribution in [0.25, 0.3) is 0 Å². The van der Waals surface area contributed by atoms with Crippen LogP contribution >= 0.6 is 0 Å². The first-order valence-electron chi connectivity index (χ1n) is 9.69. The van der Waals surface area contributed by atoms with Gasteiger partial charge in [0, 0.05) is 5.56 Å². The van der Waals surface area contributed by atoms with Crippen molar-refractivity contribution in [2.75, 3.05) is 7.11 Å². The van der Waals surface area contributed by atoms with E-state index in [4.69, 9.17) is 14.2 Å². The lowest BCUT2D eigenvalue weighted by Crippen LogP contribution is -2.17. The second-order valence-corrected chi connectivity index (χ2v) is 7.96. The second-order valence-electron chi connectivity index (χ2n) is 7.96. The zero-order chi connectivity index (χ0) is 22.6. The Kier molecular flexibility index (Phi) is 6.30. The zero-order valence-corrected chi connectivity index (χ0v) is 17.8. The van der Waals surface area contributed by atoms with E-state index in [0.29, 0.717) is 33.9 Å². The molecular formula is C25H24O6. The van der Waals surface area contributed by atoms with Crippen LogP contribution in [-0.2, 0) is 5.41 Å². The summed E-state index contributed by atoms with van der Waals surface area (Å²) in [6, 6.07) is 17.3. The average molecular weight is 420 g/mol. The van der Waals surface area contributed by atoms with Crippen LogP contribution in [0.1, 0.15) is 47.1 Å². The molecule has 0 atom stereocenters. The highest BCUT2D eigenvalue weighted by atomic mass is 16.5. The molecule has 3 aromatic carbocycles. The maximum absolute atomic E-state index is 12.5. The number of aromatic hydroxyl groups is 1. The molecule has 0 amide bonds. The number of phenolic OH excluding ortho intramolecular Hbond substituents is 1. The first-order chi connectivity index (χ1) is 14.7. The van der Waals surface area contributed by atoms with Gasteiger partial charge < -0.3 is 19.3 Å². The predicted octanol–water partition coefficient (Wildman–Crippen LogP) is 5.14. The van der Waals surface area contributed by atoms with Crippen molar-refractivity contribution in [3.8, 4) is 23.0 Å². The third-order valence-electron chi connectivity index (χ3n) is 4.60. The van der Waals surface area contributed by atoms with E-state index >= 15 is 0 Å². The molecule has 31 heavy (non-hydrogen) atoms. The number of carbonyl (C=O) groups is 2. The van der Waals surface area contributed by atoms with Gasteiger partial charge in [0.05, 0.1) is 18.2 Å². The number of benzene rings is 3. The van der Waals surface area contributed by atoms with E-state index in [2.05, 4.69) is 0 Å². The number of methoxy groups -OCH3 is 1. The molecule has 0 saturated carbocycles. The molecule has 0 heterocycles. The summed E-state index contributed by atoms with van der Waals surface area (Å²) in [7, 11) is 1.55. The maximum Gasteiger partial charge on any atom is 0.343 e. The van der Waals surface area contributed by atoms with Gasteiger partial charge >= 0.3 is 11.9 Å². The molecule has 0 aliphatic heterocycles. The van der Waals surface area contributed by atoms with Crippen LogP contribution in [0.3, 0.4) is 0 Å². The van der Waals surface area contributed by atoms with E-state index in [-0.39, 0.29) is 11.2 Å². The van der Waals surface area contributed by atoms with Gasteiger partial charge in [-0.15, -0.1) is 0 Å². The predicted molar refractivity (Wildman–Crippen MR) is 116 cm³/mol. The van der Waals surface area contributed by atoms with Gasteiger partial charge in [-0.25, -0.2) is 9.59 Å². The molecule has 6 nitrogen and oxygen atoms in total. The van der Waals surface area contributed by atoms with Gasteiger partial charge in [-0.3, -0.25) is 0 Å². The Morgan fingerprint density at radius 3 is 1.81 bits per heavy atom. The minimum Gasteiger partial charge on any atom is -0.508 e. The molecule has 160 valence electrons. The van der Waals surface area contributed by atoms with E-state index < -0.39 is 11.9 Å². The van der Waals surface area contributed by atoms with Crippen molar-refractivity contribution in [1.29, 1.82) is 0 Å². The van der Waals surface area contributed by atoms with E-state index in [1.165, 1.54) is 24.3 Å². The number of hydrogen-bond donors (Lipinski definition) is 1. The summed E-state index contributed by atoms with van der Waals surface area (Å²) in [5.74, 6) is 0.371. The van der Waals surface area contributed by atoms with Crippen LogP contribution in [0.5, 0.6) is 23.0 Å². The van der Waals surface area contributed by atoms with Crippen molar-refractivity contribution in [3.63, 3.8) is 0 Å². The summed E-state index contributed by atoms with van der Waals surface area (Å²) in [6.07, 6.45) is 0. The van der Waals surface area contributed by atoms with Crippen molar-refractivity contribution in [2.24, 2.45) is 0 Å². The number of hydrogen-bond acceptors (Lipinski definition) is 6.